The van der Waals surface area contributed by atoms with Crippen molar-refractivity contribution in [3.05, 3.63) is 39.7 Å². The van der Waals surface area contributed by atoms with Crippen molar-refractivity contribution < 1.29 is 19.1 Å². The largest absolute Gasteiger partial charge is 0.492 e. The van der Waals surface area contributed by atoms with Crippen molar-refractivity contribution >= 4 is 57.2 Å². The Kier molecular flexibility index (Phi) is 8.26. The molecular formula is C21H25N5O4S2. The van der Waals surface area contributed by atoms with E-state index in [0.29, 0.717) is 21.8 Å². The Morgan fingerprint density at radius 1 is 1.38 bits per heavy atom. The van der Waals surface area contributed by atoms with Gasteiger partial charge in [0.05, 0.1) is 22.1 Å². The topological polar surface area (TPSA) is 105 Å². The van der Waals surface area contributed by atoms with Crippen LogP contribution in [0.25, 0.3) is 6.08 Å². The summed E-state index contributed by atoms with van der Waals surface area (Å²) in [7, 11) is 4.00. The van der Waals surface area contributed by atoms with Crippen LogP contribution in [0.3, 0.4) is 0 Å². The third kappa shape index (κ3) is 6.81. The lowest BCUT2D eigenvalue weighted by molar-refractivity contribution is -0.115. The Balaban J connectivity index is 1.65. The van der Waals surface area contributed by atoms with E-state index in [9.17, 15) is 9.59 Å². The molecule has 0 atom stereocenters. The number of ether oxygens (including phenoxy) is 2. The van der Waals surface area contributed by atoms with Gasteiger partial charge in [-0.2, -0.15) is 0 Å². The van der Waals surface area contributed by atoms with Gasteiger partial charge in [0.25, 0.3) is 5.91 Å². The van der Waals surface area contributed by atoms with E-state index in [1.54, 1.807) is 19.2 Å². The molecule has 2 aromatic rings. The Hall–Kier alpha value is -2.89. The van der Waals surface area contributed by atoms with Crippen LogP contribution in [0.2, 0.25) is 0 Å². The summed E-state index contributed by atoms with van der Waals surface area (Å²) < 4.78 is 10.6. The molecule has 1 aliphatic heterocycles. The van der Waals surface area contributed by atoms with Gasteiger partial charge in [-0.15, -0.1) is 0 Å². The third-order valence-electron chi connectivity index (χ3n) is 4.13. The van der Waals surface area contributed by atoms with Gasteiger partial charge >= 0.3 is 6.09 Å². The van der Waals surface area contributed by atoms with E-state index in [0.717, 1.165) is 28.4 Å². The van der Waals surface area contributed by atoms with Gasteiger partial charge in [0, 0.05) is 12.7 Å². The predicted molar refractivity (Wildman–Crippen MR) is 129 cm³/mol. The Bertz CT molecular complexity index is 1050. The molecule has 9 nitrogen and oxygen atoms in total. The highest BCUT2D eigenvalue weighted by atomic mass is 32.2. The minimum Gasteiger partial charge on any atom is -0.492 e. The SMILES string of the molecule is CCOC(=O)Nc1ncc(/C=C2\SC(=Nc3ccc(OCCN(C)C)cc3C)NC2=O)s1. The molecule has 2 N–H and O–H groups in total. The van der Waals surface area contributed by atoms with Crippen LogP contribution in [0.1, 0.15) is 17.4 Å². The number of hydrogen-bond acceptors (Lipinski definition) is 9. The van der Waals surface area contributed by atoms with Crippen LogP contribution in [-0.2, 0) is 9.53 Å². The van der Waals surface area contributed by atoms with Crippen molar-refractivity contribution in [2.24, 2.45) is 4.99 Å². The minimum atomic E-state index is -0.562. The van der Waals surface area contributed by atoms with Crippen LogP contribution < -0.4 is 15.4 Å². The highest BCUT2D eigenvalue weighted by molar-refractivity contribution is 8.18. The van der Waals surface area contributed by atoms with E-state index in [1.807, 2.05) is 39.2 Å². The molecule has 1 saturated heterocycles. The number of carbonyl (C=O) groups excluding carboxylic acids is 2. The first-order valence-corrected chi connectivity index (χ1v) is 11.5. The van der Waals surface area contributed by atoms with E-state index in [1.165, 1.54) is 23.1 Å². The fraction of sp³-hybridized carbons (Fsp3) is 0.333. The normalized spacial score (nSPS) is 16.0. The lowest BCUT2D eigenvalue weighted by Gasteiger charge is -2.12. The molecule has 2 heterocycles. The highest BCUT2D eigenvalue weighted by Crippen LogP contribution is 2.31. The molecule has 170 valence electrons. The molecule has 11 heteroatoms. The van der Waals surface area contributed by atoms with Gasteiger partial charge in [-0.25, -0.2) is 14.8 Å². The number of anilines is 1. The molecule has 0 saturated carbocycles. The van der Waals surface area contributed by atoms with Gasteiger partial charge in [-0.05, 0) is 69.5 Å². The first kappa shape index (κ1) is 23.8. The summed E-state index contributed by atoms with van der Waals surface area (Å²) in [5.41, 5.74) is 1.71. The maximum atomic E-state index is 12.4. The zero-order valence-corrected chi connectivity index (χ0v) is 19.9. The molecule has 0 radical (unpaired) electrons. The average Bonchev–Trinajstić information content (AvgIpc) is 3.30. The second-order valence-electron chi connectivity index (χ2n) is 7.00. The quantitative estimate of drug-likeness (QED) is 0.559. The van der Waals surface area contributed by atoms with Crippen molar-refractivity contribution in [1.29, 1.82) is 0 Å². The van der Waals surface area contributed by atoms with Gasteiger partial charge in [0.1, 0.15) is 12.4 Å². The van der Waals surface area contributed by atoms with Gasteiger partial charge in [-0.3, -0.25) is 10.1 Å². The van der Waals surface area contributed by atoms with E-state index in [4.69, 9.17) is 9.47 Å². The fourth-order valence-corrected chi connectivity index (χ4v) is 4.22. The summed E-state index contributed by atoms with van der Waals surface area (Å²) in [6, 6.07) is 5.68. The number of rotatable bonds is 8. The maximum Gasteiger partial charge on any atom is 0.413 e. The van der Waals surface area contributed by atoms with Crippen molar-refractivity contribution in [2.45, 2.75) is 13.8 Å². The molecule has 1 aliphatic rings. The summed E-state index contributed by atoms with van der Waals surface area (Å²) in [6.07, 6.45) is 2.74. The maximum absolute atomic E-state index is 12.4. The number of nitrogens with one attached hydrogen (secondary N) is 2. The predicted octanol–water partition coefficient (Wildman–Crippen LogP) is 3.85. The van der Waals surface area contributed by atoms with E-state index in [2.05, 4.69) is 25.5 Å². The third-order valence-corrected chi connectivity index (χ3v) is 5.90. The van der Waals surface area contributed by atoms with Crippen LogP contribution >= 0.6 is 23.1 Å². The molecule has 1 aromatic carbocycles. The number of aryl methyl sites for hydroxylation is 1. The summed E-state index contributed by atoms with van der Waals surface area (Å²) in [6.45, 7) is 5.39. The number of thioether (sulfide) groups is 1. The van der Waals surface area contributed by atoms with E-state index in [-0.39, 0.29) is 12.5 Å². The molecule has 0 aliphatic carbocycles. The van der Waals surface area contributed by atoms with Crippen LogP contribution in [0.15, 0.2) is 34.3 Å². The lowest BCUT2D eigenvalue weighted by Crippen LogP contribution is -2.19. The molecular weight excluding hydrogens is 450 g/mol. The fourth-order valence-electron chi connectivity index (χ4n) is 2.57. The summed E-state index contributed by atoms with van der Waals surface area (Å²) in [4.78, 5) is 35.8. The first-order chi connectivity index (χ1) is 15.3. The number of carbonyl (C=O) groups is 2. The lowest BCUT2D eigenvalue weighted by atomic mass is 10.2. The van der Waals surface area contributed by atoms with Crippen LogP contribution in [-0.4, -0.2) is 60.9 Å². The van der Waals surface area contributed by atoms with Crippen molar-refractivity contribution in [1.82, 2.24) is 15.2 Å². The number of hydrogen-bond donors (Lipinski definition) is 2. The van der Waals surface area contributed by atoms with Crippen LogP contribution in [0.5, 0.6) is 5.75 Å². The van der Waals surface area contributed by atoms with E-state index >= 15 is 0 Å². The molecule has 1 aromatic heterocycles. The number of aromatic nitrogens is 1. The first-order valence-electron chi connectivity index (χ1n) is 9.91. The highest BCUT2D eigenvalue weighted by Gasteiger charge is 2.24. The smallest absolute Gasteiger partial charge is 0.413 e. The summed E-state index contributed by atoms with van der Waals surface area (Å²) >= 11 is 2.49. The van der Waals surface area contributed by atoms with Crippen LogP contribution in [0.4, 0.5) is 15.6 Å². The molecule has 0 unspecified atom stereocenters. The van der Waals surface area contributed by atoms with Crippen molar-refractivity contribution in [3.63, 3.8) is 0 Å². The monoisotopic (exact) mass is 475 g/mol. The van der Waals surface area contributed by atoms with E-state index < -0.39 is 6.09 Å². The zero-order chi connectivity index (χ0) is 23.1. The molecule has 3 rings (SSSR count). The van der Waals surface area contributed by atoms with Gasteiger partial charge < -0.3 is 19.7 Å². The Labute approximate surface area is 194 Å². The molecule has 0 bridgehead atoms. The number of benzene rings is 1. The number of likely N-dealkylation sites (N-methyl/N-ethyl adjacent to an activating group) is 1. The van der Waals surface area contributed by atoms with Crippen molar-refractivity contribution in [3.8, 4) is 5.75 Å². The molecule has 1 fully saturated rings. The van der Waals surface area contributed by atoms with Gasteiger partial charge in [0.2, 0.25) is 0 Å². The number of nitrogens with zero attached hydrogens (tertiary/aromatic N) is 3. The number of aliphatic imine (C=N–C) groups is 1. The van der Waals surface area contributed by atoms with Crippen molar-refractivity contribution in [2.75, 3.05) is 39.2 Å². The minimum absolute atomic E-state index is 0.233. The molecule has 0 spiro atoms. The summed E-state index contributed by atoms with van der Waals surface area (Å²) in [5.74, 6) is 0.553. The molecule has 32 heavy (non-hydrogen) atoms. The average molecular weight is 476 g/mol. The zero-order valence-electron chi connectivity index (χ0n) is 18.3. The standard InChI is InChI=1S/C21H25N5O4S2/c1-5-29-21(28)25-19-22-12-15(31-19)11-17-18(27)24-20(32-17)23-16-7-6-14(10-13(16)2)30-9-8-26(3)4/h6-7,10-12H,5,8-9H2,1-4H3,(H,22,25,28)(H,23,24,27)/b17-11-. The second kappa shape index (κ2) is 11.1. The number of thiazole rings is 1. The van der Waals surface area contributed by atoms with Crippen LogP contribution in [0, 0.1) is 6.92 Å². The second-order valence-corrected chi connectivity index (χ2v) is 9.09. The Morgan fingerprint density at radius 2 is 2.19 bits per heavy atom. The number of amidine groups is 1. The summed E-state index contributed by atoms with van der Waals surface area (Å²) in [5, 5.41) is 6.22. The number of amides is 2. The van der Waals surface area contributed by atoms with Gasteiger partial charge in [0.15, 0.2) is 10.3 Å². The molecule has 2 amide bonds. The van der Waals surface area contributed by atoms with Gasteiger partial charge in [-0.1, -0.05) is 11.3 Å². The Morgan fingerprint density at radius 3 is 2.91 bits per heavy atom.